The second-order valence-electron chi connectivity index (χ2n) is 7.74. The van der Waals surface area contributed by atoms with Gasteiger partial charge in [-0.2, -0.15) is 0 Å². The molecule has 1 aromatic carbocycles. The van der Waals surface area contributed by atoms with Gasteiger partial charge < -0.3 is 20.5 Å². The van der Waals surface area contributed by atoms with Crippen molar-refractivity contribution in [2.45, 2.75) is 39.2 Å². The van der Waals surface area contributed by atoms with Crippen LogP contribution in [0.2, 0.25) is 0 Å². The Bertz CT molecular complexity index is 802. The summed E-state index contributed by atoms with van der Waals surface area (Å²) in [5.74, 6) is -0.625. The topological polar surface area (TPSA) is 108 Å². The molecular weight excluding hydrogens is 398 g/mol. The molecule has 1 saturated heterocycles. The number of hydrogen-bond donors (Lipinski definition) is 3. The molecule has 3 N–H and O–H groups in total. The number of benzene rings is 1. The Labute approximate surface area is 176 Å². The summed E-state index contributed by atoms with van der Waals surface area (Å²) in [5, 5.41) is 15.3. The average Bonchev–Trinajstić information content (AvgIpc) is 3.19. The standard InChI is InChI=1S/C20H27N3O5.ClH/c1-12(23-10-14-5-4-8-20(14,11-23)19(26)27)18(25)22-16-9-15(21-13(2)24)6-7-17(16)28-3;/h6-7,9,12,14H,4-5,8,10-11H2,1-3H3,(H,21,24)(H,22,25)(H,26,27);1H/t12?,14-,20+;/m0./s1. The molecule has 3 rings (SSSR count). The molecule has 2 aliphatic rings. The van der Waals surface area contributed by atoms with E-state index in [4.69, 9.17) is 4.74 Å². The summed E-state index contributed by atoms with van der Waals surface area (Å²) < 4.78 is 5.30. The molecule has 29 heavy (non-hydrogen) atoms. The summed E-state index contributed by atoms with van der Waals surface area (Å²) in [7, 11) is 1.50. The van der Waals surface area contributed by atoms with Gasteiger partial charge in [-0.05, 0) is 43.9 Å². The van der Waals surface area contributed by atoms with Gasteiger partial charge in [-0.15, -0.1) is 12.4 Å². The van der Waals surface area contributed by atoms with E-state index in [0.717, 1.165) is 12.8 Å². The number of rotatable bonds is 6. The molecule has 0 aromatic heterocycles. The summed E-state index contributed by atoms with van der Waals surface area (Å²) in [6.45, 7) is 4.21. The number of aliphatic carboxylic acids is 1. The SMILES string of the molecule is COc1ccc(NC(C)=O)cc1NC(=O)C(C)N1C[C@@H]2CCC[C@@]2(C(=O)O)C1.Cl. The Morgan fingerprint density at radius 1 is 1.31 bits per heavy atom. The fourth-order valence-electron chi connectivity index (χ4n) is 4.46. The van der Waals surface area contributed by atoms with Crippen LogP contribution in [0.1, 0.15) is 33.1 Å². The lowest BCUT2D eigenvalue weighted by Crippen LogP contribution is -2.43. The van der Waals surface area contributed by atoms with E-state index in [9.17, 15) is 19.5 Å². The highest BCUT2D eigenvalue weighted by atomic mass is 35.5. The zero-order valence-corrected chi connectivity index (χ0v) is 17.7. The van der Waals surface area contributed by atoms with E-state index in [0.29, 0.717) is 36.6 Å². The number of carbonyl (C=O) groups is 3. The number of halogens is 1. The van der Waals surface area contributed by atoms with Gasteiger partial charge in [0.25, 0.3) is 0 Å². The van der Waals surface area contributed by atoms with Crippen LogP contribution in [0.3, 0.4) is 0 Å². The van der Waals surface area contributed by atoms with E-state index in [1.807, 2.05) is 4.90 Å². The van der Waals surface area contributed by atoms with Crippen molar-refractivity contribution < 1.29 is 24.2 Å². The number of nitrogens with one attached hydrogen (secondary N) is 2. The van der Waals surface area contributed by atoms with Gasteiger partial charge in [0.15, 0.2) is 0 Å². The van der Waals surface area contributed by atoms with Crippen molar-refractivity contribution >= 4 is 41.6 Å². The molecule has 1 heterocycles. The van der Waals surface area contributed by atoms with Crippen molar-refractivity contribution in [3.8, 4) is 5.75 Å². The summed E-state index contributed by atoms with van der Waals surface area (Å²) in [5.41, 5.74) is 0.284. The van der Waals surface area contributed by atoms with Crippen LogP contribution in [0.4, 0.5) is 11.4 Å². The molecule has 1 saturated carbocycles. The number of likely N-dealkylation sites (tertiary alicyclic amines) is 1. The Balaban J connectivity index is 0.00000300. The second kappa shape index (κ2) is 9.00. The Morgan fingerprint density at radius 2 is 2.03 bits per heavy atom. The molecule has 0 radical (unpaired) electrons. The largest absolute Gasteiger partial charge is 0.495 e. The van der Waals surface area contributed by atoms with Gasteiger partial charge in [-0.25, -0.2) is 0 Å². The van der Waals surface area contributed by atoms with E-state index < -0.39 is 17.4 Å². The first-order valence-electron chi connectivity index (χ1n) is 9.51. The van der Waals surface area contributed by atoms with Gasteiger partial charge in [-0.3, -0.25) is 19.3 Å². The maximum atomic E-state index is 12.9. The second-order valence-corrected chi connectivity index (χ2v) is 7.74. The number of fused-ring (bicyclic) bond motifs is 1. The van der Waals surface area contributed by atoms with E-state index in [1.54, 1.807) is 25.1 Å². The lowest BCUT2D eigenvalue weighted by molar-refractivity contribution is -0.149. The maximum Gasteiger partial charge on any atom is 0.311 e. The molecule has 2 amide bonds. The smallest absolute Gasteiger partial charge is 0.311 e. The minimum Gasteiger partial charge on any atom is -0.495 e. The fourth-order valence-corrected chi connectivity index (χ4v) is 4.46. The van der Waals surface area contributed by atoms with Gasteiger partial charge in [0.05, 0.1) is 24.3 Å². The predicted molar refractivity (Wildman–Crippen MR) is 112 cm³/mol. The lowest BCUT2D eigenvalue weighted by atomic mass is 9.81. The number of ether oxygens (including phenoxy) is 1. The fraction of sp³-hybridized carbons (Fsp3) is 0.550. The predicted octanol–water partition coefficient (Wildman–Crippen LogP) is 2.59. The quantitative estimate of drug-likeness (QED) is 0.646. The molecule has 1 aliphatic carbocycles. The number of anilines is 2. The van der Waals surface area contributed by atoms with Crippen molar-refractivity contribution in [2.75, 3.05) is 30.8 Å². The van der Waals surface area contributed by atoms with Crippen LogP contribution in [-0.2, 0) is 14.4 Å². The van der Waals surface area contributed by atoms with Gasteiger partial charge >= 0.3 is 5.97 Å². The molecule has 9 heteroatoms. The highest BCUT2D eigenvalue weighted by Gasteiger charge is 2.55. The zero-order chi connectivity index (χ0) is 20.5. The van der Waals surface area contributed by atoms with Gasteiger partial charge in [0.2, 0.25) is 11.8 Å². The number of nitrogens with zero attached hydrogens (tertiary/aromatic N) is 1. The van der Waals surface area contributed by atoms with Crippen LogP contribution >= 0.6 is 12.4 Å². The molecule has 1 aromatic rings. The van der Waals surface area contributed by atoms with Crippen molar-refractivity contribution in [3.63, 3.8) is 0 Å². The van der Waals surface area contributed by atoms with Crippen LogP contribution in [0.5, 0.6) is 5.75 Å². The molecule has 2 fully saturated rings. The van der Waals surface area contributed by atoms with Crippen LogP contribution in [-0.4, -0.2) is 54.0 Å². The first-order chi connectivity index (χ1) is 13.3. The van der Waals surface area contributed by atoms with E-state index in [2.05, 4.69) is 10.6 Å². The number of carboxylic acid groups (broad SMARTS) is 1. The Morgan fingerprint density at radius 3 is 2.62 bits per heavy atom. The molecule has 8 nitrogen and oxygen atoms in total. The van der Waals surface area contributed by atoms with Gasteiger partial charge in [-0.1, -0.05) is 6.42 Å². The molecule has 1 aliphatic heterocycles. The third-order valence-electron chi connectivity index (χ3n) is 6.03. The molecule has 0 spiro atoms. The normalized spacial score (nSPS) is 24.2. The van der Waals surface area contributed by atoms with Crippen molar-refractivity contribution in [3.05, 3.63) is 18.2 Å². The van der Waals surface area contributed by atoms with Crippen molar-refractivity contribution in [1.29, 1.82) is 0 Å². The van der Waals surface area contributed by atoms with Crippen LogP contribution in [0, 0.1) is 11.3 Å². The molecule has 1 unspecified atom stereocenters. The third kappa shape index (κ3) is 4.48. The van der Waals surface area contributed by atoms with Crippen LogP contribution in [0.15, 0.2) is 18.2 Å². The monoisotopic (exact) mass is 425 g/mol. The van der Waals surface area contributed by atoms with Gasteiger partial charge in [0, 0.05) is 25.7 Å². The number of amides is 2. The van der Waals surface area contributed by atoms with Crippen LogP contribution in [0.25, 0.3) is 0 Å². The number of carboxylic acids is 1. The van der Waals surface area contributed by atoms with Crippen molar-refractivity contribution in [2.24, 2.45) is 11.3 Å². The van der Waals surface area contributed by atoms with Crippen LogP contribution < -0.4 is 15.4 Å². The maximum absolute atomic E-state index is 12.9. The highest BCUT2D eigenvalue weighted by molar-refractivity contribution is 5.97. The van der Waals surface area contributed by atoms with E-state index in [-0.39, 0.29) is 30.1 Å². The molecular formula is C20H28ClN3O5. The lowest BCUT2D eigenvalue weighted by Gasteiger charge is -2.26. The molecule has 160 valence electrons. The van der Waals surface area contributed by atoms with Gasteiger partial charge in [0.1, 0.15) is 5.75 Å². The Hall–Kier alpha value is -2.32. The first-order valence-corrected chi connectivity index (χ1v) is 9.51. The summed E-state index contributed by atoms with van der Waals surface area (Å²) in [4.78, 5) is 38.0. The highest BCUT2D eigenvalue weighted by Crippen LogP contribution is 2.49. The first kappa shape index (κ1) is 23.0. The molecule has 3 atom stereocenters. The summed E-state index contributed by atoms with van der Waals surface area (Å²) >= 11 is 0. The summed E-state index contributed by atoms with van der Waals surface area (Å²) in [6.07, 6.45) is 2.49. The Kier molecular flexibility index (Phi) is 7.13. The average molecular weight is 426 g/mol. The zero-order valence-electron chi connectivity index (χ0n) is 16.9. The number of methoxy groups -OCH3 is 1. The minimum absolute atomic E-state index is 0. The number of hydrogen-bond acceptors (Lipinski definition) is 5. The molecule has 0 bridgehead atoms. The minimum atomic E-state index is -0.755. The summed E-state index contributed by atoms with van der Waals surface area (Å²) in [6, 6.07) is 4.53. The van der Waals surface area contributed by atoms with E-state index in [1.165, 1.54) is 14.0 Å². The third-order valence-corrected chi connectivity index (χ3v) is 6.03. The number of carbonyl (C=O) groups excluding carboxylic acids is 2. The van der Waals surface area contributed by atoms with E-state index >= 15 is 0 Å². The van der Waals surface area contributed by atoms with Crippen molar-refractivity contribution in [1.82, 2.24) is 4.90 Å².